The molecule has 1 amide bonds. The Morgan fingerprint density at radius 1 is 1.36 bits per heavy atom. The maximum Gasteiger partial charge on any atom is 0.252 e. The quantitative estimate of drug-likeness (QED) is 0.766. The van der Waals surface area contributed by atoms with Crippen molar-refractivity contribution in [2.75, 3.05) is 26.2 Å². The number of hydrogen-bond acceptors (Lipinski definition) is 4. The minimum absolute atomic E-state index is 0.159. The summed E-state index contributed by atoms with van der Waals surface area (Å²) in [5, 5.41) is 13.1. The van der Waals surface area contributed by atoms with E-state index in [2.05, 4.69) is 15.2 Å². The summed E-state index contributed by atoms with van der Waals surface area (Å²) in [6.07, 6.45) is 3.27. The van der Waals surface area contributed by atoms with Gasteiger partial charge in [-0.3, -0.25) is 14.5 Å². The maximum absolute atomic E-state index is 12.6. The Bertz CT molecular complexity index is 815. The van der Waals surface area contributed by atoms with Crippen LogP contribution < -0.4 is 10.9 Å². The molecule has 0 saturated carbocycles. The minimum atomic E-state index is -0.280. The standard InChI is InChI=1S/C19H25N3O3/c1-13-5-6-17-15(10-13)16(11-18(24)21-17)19(25)20-7-9-22-8-3-2-4-14(22)12-23/h5-6,10-11,14,23H,2-4,7-9,12H2,1H3,(H,20,25)(H,21,24)/t14-/m1/s1. The van der Waals surface area contributed by atoms with Crippen molar-refractivity contribution >= 4 is 16.8 Å². The molecule has 1 fully saturated rings. The lowest BCUT2D eigenvalue weighted by Crippen LogP contribution is -2.45. The summed E-state index contributed by atoms with van der Waals surface area (Å²) in [7, 11) is 0. The third kappa shape index (κ3) is 4.08. The fraction of sp³-hybridized carbons (Fsp3) is 0.474. The van der Waals surface area contributed by atoms with Gasteiger partial charge in [-0.2, -0.15) is 0 Å². The largest absolute Gasteiger partial charge is 0.395 e. The molecule has 1 aliphatic heterocycles. The molecule has 1 aliphatic rings. The van der Waals surface area contributed by atoms with Gasteiger partial charge in [0, 0.05) is 36.1 Å². The van der Waals surface area contributed by atoms with Crippen molar-refractivity contribution in [2.45, 2.75) is 32.2 Å². The monoisotopic (exact) mass is 343 g/mol. The highest BCUT2D eigenvalue weighted by atomic mass is 16.3. The molecular weight excluding hydrogens is 318 g/mol. The second kappa shape index (κ2) is 7.80. The summed E-state index contributed by atoms with van der Waals surface area (Å²) in [5.41, 5.74) is 1.82. The molecule has 25 heavy (non-hydrogen) atoms. The maximum atomic E-state index is 12.6. The summed E-state index contributed by atoms with van der Waals surface area (Å²) in [4.78, 5) is 29.4. The number of benzene rings is 1. The first kappa shape index (κ1) is 17.6. The van der Waals surface area contributed by atoms with Gasteiger partial charge in [0.25, 0.3) is 5.91 Å². The van der Waals surface area contributed by atoms with Crippen molar-refractivity contribution in [3.8, 4) is 0 Å². The molecular formula is C19H25N3O3. The van der Waals surface area contributed by atoms with E-state index in [0.717, 1.165) is 36.8 Å². The number of aliphatic hydroxyl groups excluding tert-OH is 1. The van der Waals surface area contributed by atoms with Crippen LogP contribution in [0.4, 0.5) is 0 Å². The number of pyridine rings is 1. The number of rotatable bonds is 5. The van der Waals surface area contributed by atoms with E-state index < -0.39 is 0 Å². The van der Waals surface area contributed by atoms with Gasteiger partial charge < -0.3 is 15.4 Å². The van der Waals surface area contributed by atoms with E-state index in [-0.39, 0.29) is 24.1 Å². The van der Waals surface area contributed by atoms with E-state index >= 15 is 0 Å². The second-order valence-corrected chi connectivity index (χ2v) is 6.72. The highest BCUT2D eigenvalue weighted by Gasteiger charge is 2.21. The Morgan fingerprint density at radius 2 is 2.20 bits per heavy atom. The van der Waals surface area contributed by atoms with Crippen molar-refractivity contribution < 1.29 is 9.90 Å². The minimum Gasteiger partial charge on any atom is -0.395 e. The molecule has 0 unspecified atom stereocenters. The average Bonchev–Trinajstić information content (AvgIpc) is 2.61. The third-order valence-electron chi connectivity index (χ3n) is 4.89. The predicted molar refractivity (Wildman–Crippen MR) is 97.9 cm³/mol. The Balaban J connectivity index is 1.70. The van der Waals surface area contributed by atoms with E-state index in [4.69, 9.17) is 0 Å². The molecule has 134 valence electrons. The summed E-state index contributed by atoms with van der Waals surface area (Å²) in [6, 6.07) is 7.18. The van der Waals surface area contributed by atoms with E-state index in [0.29, 0.717) is 24.2 Å². The summed E-state index contributed by atoms with van der Waals surface area (Å²) >= 11 is 0. The Kier molecular flexibility index (Phi) is 5.50. The van der Waals surface area contributed by atoms with Crippen LogP contribution in [0.1, 0.15) is 35.2 Å². The summed E-state index contributed by atoms with van der Waals surface area (Å²) in [6.45, 7) is 4.27. The van der Waals surface area contributed by atoms with Crippen molar-refractivity contribution in [1.29, 1.82) is 0 Å². The number of fused-ring (bicyclic) bond motifs is 1. The van der Waals surface area contributed by atoms with Gasteiger partial charge >= 0.3 is 0 Å². The van der Waals surface area contributed by atoms with E-state index in [1.54, 1.807) is 0 Å². The lowest BCUT2D eigenvalue weighted by molar-refractivity contribution is 0.0850. The molecule has 0 bridgehead atoms. The summed E-state index contributed by atoms with van der Waals surface area (Å²) < 4.78 is 0. The molecule has 3 N–H and O–H groups in total. The topological polar surface area (TPSA) is 85.4 Å². The number of aromatic amines is 1. The van der Waals surface area contributed by atoms with Gasteiger partial charge in [0.15, 0.2) is 0 Å². The van der Waals surface area contributed by atoms with Gasteiger partial charge in [0.2, 0.25) is 5.56 Å². The molecule has 6 heteroatoms. The van der Waals surface area contributed by atoms with Gasteiger partial charge in [-0.25, -0.2) is 0 Å². The van der Waals surface area contributed by atoms with Crippen molar-refractivity contribution in [2.24, 2.45) is 0 Å². The highest BCUT2D eigenvalue weighted by molar-refractivity contribution is 6.06. The average molecular weight is 343 g/mol. The van der Waals surface area contributed by atoms with Crippen LogP contribution in [0.15, 0.2) is 29.1 Å². The molecule has 0 spiro atoms. The molecule has 1 atom stereocenters. The number of aryl methyl sites for hydroxylation is 1. The number of aliphatic hydroxyl groups is 1. The molecule has 1 saturated heterocycles. The molecule has 6 nitrogen and oxygen atoms in total. The van der Waals surface area contributed by atoms with E-state index in [1.807, 2.05) is 25.1 Å². The number of aromatic nitrogens is 1. The van der Waals surface area contributed by atoms with Crippen molar-refractivity contribution in [1.82, 2.24) is 15.2 Å². The smallest absolute Gasteiger partial charge is 0.252 e. The van der Waals surface area contributed by atoms with Crippen LogP contribution in [0.2, 0.25) is 0 Å². The van der Waals surface area contributed by atoms with E-state index in [9.17, 15) is 14.7 Å². The molecule has 3 rings (SSSR count). The van der Waals surface area contributed by atoms with Crippen molar-refractivity contribution in [3.63, 3.8) is 0 Å². The van der Waals surface area contributed by atoms with Crippen LogP contribution in [0.5, 0.6) is 0 Å². The number of piperidine rings is 1. The van der Waals surface area contributed by atoms with Gasteiger partial charge in [-0.1, -0.05) is 18.1 Å². The third-order valence-corrected chi connectivity index (χ3v) is 4.89. The number of hydrogen-bond donors (Lipinski definition) is 3. The van der Waals surface area contributed by atoms with Crippen LogP contribution in [-0.2, 0) is 0 Å². The van der Waals surface area contributed by atoms with E-state index in [1.165, 1.54) is 6.07 Å². The number of amides is 1. The van der Waals surface area contributed by atoms with Crippen molar-refractivity contribution in [3.05, 3.63) is 45.7 Å². The van der Waals surface area contributed by atoms with Crippen LogP contribution in [-0.4, -0.2) is 53.2 Å². The Hall–Kier alpha value is -2.18. The predicted octanol–water partition coefficient (Wildman–Crippen LogP) is 1.41. The number of carbonyl (C=O) groups is 1. The SMILES string of the molecule is Cc1ccc2[nH]c(=O)cc(C(=O)NCCN3CCCC[C@@H]3CO)c2c1. The molecule has 2 aromatic rings. The summed E-state index contributed by atoms with van der Waals surface area (Å²) in [5.74, 6) is -0.237. The highest BCUT2D eigenvalue weighted by Crippen LogP contribution is 2.17. The lowest BCUT2D eigenvalue weighted by atomic mass is 10.0. The van der Waals surface area contributed by atoms with Gasteiger partial charge in [0.1, 0.15) is 0 Å². The normalized spacial score (nSPS) is 18.4. The van der Waals surface area contributed by atoms with Gasteiger partial charge in [-0.05, 0) is 38.4 Å². The zero-order valence-corrected chi connectivity index (χ0v) is 14.5. The van der Waals surface area contributed by atoms with Crippen LogP contribution in [0.3, 0.4) is 0 Å². The number of H-pyrrole nitrogens is 1. The Labute approximate surface area is 146 Å². The number of likely N-dealkylation sites (tertiary alicyclic amines) is 1. The molecule has 0 radical (unpaired) electrons. The van der Waals surface area contributed by atoms with Crippen LogP contribution in [0, 0.1) is 6.92 Å². The molecule has 1 aromatic heterocycles. The lowest BCUT2D eigenvalue weighted by Gasteiger charge is -2.34. The zero-order valence-electron chi connectivity index (χ0n) is 14.5. The number of nitrogens with one attached hydrogen (secondary N) is 2. The number of carbonyl (C=O) groups excluding carboxylic acids is 1. The Morgan fingerprint density at radius 3 is 3.00 bits per heavy atom. The fourth-order valence-corrected chi connectivity index (χ4v) is 3.52. The molecule has 0 aliphatic carbocycles. The second-order valence-electron chi connectivity index (χ2n) is 6.72. The molecule has 1 aromatic carbocycles. The van der Waals surface area contributed by atoms with Crippen LogP contribution in [0.25, 0.3) is 10.9 Å². The number of nitrogens with zero attached hydrogens (tertiary/aromatic N) is 1. The van der Waals surface area contributed by atoms with Crippen LogP contribution >= 0.6 is 0 Å². The first-order valence-electron chi connectivity index (χ1n) is 8.85. The van der Waals surface area contributed by atoms with Gasteiger partial charge in [-0.15, -0.1) is 0 Å². The first-order chi connectivity index (χ1) is 12.1. The molecule has 2 heterocycles. The zero-order chi connectivity index (χ0) is 17.8. The fourth-order valence-electron chi connectivity index (χ4n) is 3.52. The van der Waals surface area contributed by atoms with Gasteiger partial charge in [0.05, 0.1) is 12.2 Å². The first-order valence-corrected chi connectivity index (χ1v) is 8.85.